The fraction of sp³-hybridized carbons (Fsp3) is 0.333. The molecule has 2 aromatic rings. The number of methoxy groups -OCH3 is 1. The summed E-state index contributed by atoms with van der Waals surface area (Å²) >= 11 is 0. The van der Waals surface area contributed by atoms with Gasteiger partial charge in [-0.1, -0.05) is 12.1 Å². The predicted molar refractivity (Wildman–Crippen MR) is 116 cm³/mol. The maximum absolute atomic E-state index is 13.4. The van der Waals surface area contributed by atoms with Crippen LogP contribution in [-0.2, 0) is 14.3 Å². The average Bonchev–Trinajstić information content (AvgIpc) is 3.08. The number of Topliss-reactive ketones (excluding diaryl/α,β-unsaturated/α-hetero) is 1. The van der Waals surface area contributed by atoms with Crippen molar-refractivity contribution in [3.8, 4) is 5.75 Å². The van der Waals surface area contributed by atoms with Crippen molar-refractivity contribution in [3.63, 3.8) is 0 Å². The van der Waals surface area contributed by atoms with Gasteiger partial charge in [0.2, 0.25) is 0 Å². The Bertz CT molecular complexity index is 1030. The summed E-state index contributed by atoms with van der Waals surface area (Å²) in [6.45, 7) is 3.65. The number of carbonyl (C=O) groups is 2. The summed E-state index contributed by atoms with van der Waals surface area (Å²) < 4.78 is 24.1. The minimum atomic E-state index is -0.781. The van der Waals surface area contributed by atoms with Crippen molar-refractivity contribution >= 4 is 17.4 Å². The van der Waals surface area contributed by atoms with Crippen LogP contribution in [-0.4, -0.2) is 73.1 Å². The lowest BCUT2D eigenvalue weighted by atomic mass is 9.95. The van der Waals surface area contributed by atoms with Gasteiger partial charge in [0.1, 0.15) is 17.3 Å². The van der Waals surface area contributed by atoms with E-state index < -0.39 is 23.5 Å². The van der Waals surface area contributed by atoms with Crippen molar-refractivity contribution in [3.05, 3.63) is 71.0 Å². The normalized spacial score (nSPS) is 21.2. The molecule has 0 bridgehead atoms. The van der Waals surface area contributed by atoms with Gasteiger partial charge in [-0.2, -0.15) is 0 Å². The second kappa shape index (κ2) is 9.50. The zero-order valence-corrected chi connectivity index (χ0v) is 17.8. The molecular formula is C24H25FN2O5. The molecule has 4 rings (SSSR count). The highest BCUT2D eigenvalue weighted by molar-refractivity contribution is 6.46. The van der Waals surface area contributed by atoms with Crippen LogP contribution in [0.15, 0.2) is 54.1 Å². The Kier molecular flexibility index (Phi) is 6.53. The third-order valence-electron chi connectivity index (χ3n) is 5.83. The summed E-state index contributed by atoms with van der Waals surface area (Å²) in [5.74, 6) is -1.65. The molecule has 0 spiro atoms. The molecule has 2 aliphatic heterocycles. The molecule has 1 N–H and O–H groups in total. The molecule has 8 heteroatoms. The van der Waals surface area contributed by atoms with Gasteiger partial charge in [-0.05, 0) is 42.0 Å². The van der Waals surface area contributed by atoms with Crippen LogP contribution in [0.4, 0.5) is 4.39 Å². The first-order valence-electron chi connectivity index (χ1n) is 10.5. The largest absolute Gasteiger partial charge is 0.507 e. The maximum atomic E-state index is 13.4. The average molecular weight is 440 g/mol. The Morgan fingerprint density at radius 1 is 1.12 bits per heavy atom. The second-order valence-electron chi connectivity index (χ2n) is 7.73. The van der Waals surface area contributed by atoms with Crippen molar-refractivity contribution in [1.82, 2.24) is 9.80 Å². The Labute approximate surface area is 185 Å². The number of likely N-dealkylation sites (tertiary alicyclic amines) is 1. The fourth-order valence-corrected chi connectivity index (χ4v) is 4.11. The molecule has 32 heavy (non-hydrogen) atoms. The maximum Gasteiger partial charge on any atom is 0.295 e. The molecule has 0 radical (unpaired) electrons. The molecule has 2 saturated heterocycles. The Morgan fingerprint density at radius 3 is 2.53 bits per heavy atom. The third kappa shape index (κ3) is 4.37. The molecule has 168 valence electrons. The van der Waals surface area contributed by atoms with E-state index in [0.29, 0.717) is 37.6 Å². The Morgan fingerprint density at radius 2 is 1.84 bits per heavy atom. The number of rotatable bonds is 6. The number of morpholine rings is 1. The van der Waals surface area contributed by atoms with Crippen LogP contribution in [0.25, 0.3) is 5.76 Å². The molecule has 1 amide bonds. The van der Waals surface area contributed by atoms with Crippen molar-refractivity contribution < 1.29 is 28.6 Å². The number of aliphatic hydroxyl groups excluding tert-OH is 1. The lowest BCUT2D eigenvalue weighted by Crippen LogP contribution is -2.42. The van der Waals surface area contributed by atoms with Crippen molar-refractivity contribution in [2.75, 3.05) is 46.5 Å². The van der Waals surface area contributed by atoms with Crippen LogP contribution >= 0.6 is 0 Å². The Hall–Kier alpha value is -3.23. The number of halogens is 1. The van der Waals surface area contributed by atoms with Crippen LogP contribution in [0.1, 0.15) is 17.2 Å². The second-order valence-corrected chi connectivity index (χ2v) is 7.73. The monoisotopic (exact) mass is 440 g/mol. The minimum Gasteiger partial charge on any atom is -0.507 e. The number of hydrogen-bond donors (Lipinski definition) is 1. The standard InChI is InChI=1S/C24H25FN2O5/c1-31-19-4-2-3-17(15-19)21-20(22(28)16-5-7-18(25)8-6-16)23(29)24(30)27(21)10-9-26-11-13-32-14-12-26/h2-8,15,21,28H,9-14H2,1H3/b22-20+/t21-/m1/s1. The van der Waals surface area contributed by atoms with E-state index in [1.807, 2.05) is 0 Å². The van der Waals surface area contributed by atoms with E-state index >= 15 is 0 Å². The molecule has 2 heterocycles. The van der Waals surface area contributed by atoms with Gasteiger partial charge in [0, 0.05) is 31.7 Å². The summed E-state index contributed by atoms with van der Waals surface area (Å²) in [6, 6.07) is 11.5. The quantitative estimate of drug-likeness (QED) is 0.423. The minimum absolute atomic E-state index is 0.0168. The van der Waals surface area contributed by atoms with Gasteiger partial charge in [-0.3, -0.25) is 14.5 Å². The molecular weight excluding hydrogens is 415 g/mol. The number of hydrogen-bond acceptors (Lipinski definition) is 6. The number of amides is 1. The zero-order valence-electron chi connectivity index (χ0n) is 17.8. The van der Waals surface area contributed by atoms with E-state index in [-0.39, 0.29) is 16.9 Å². The van der Waals surface area contributed by atoms with Gasteiger partial charge in [-0.15, -0.1) is 0 Å². The van der Waals surface area contributed by atoms with Gasteiger partial charge in [0.25, 0.3) is 11.7 Å². The van der Waals surface area contributed by atoms with Crippen LogP contribution in [0.3, 0.4) is 0 Å². The topological polar surface area (TPSA) is 79.3 Å². The molecule has 0 saturated carbocycles. The van der Waals surface area contributed by atoms with Gasteiger partial charge in [-0.25, -0.2) is 4.39 Å². The van der Waals surface area contributed by atoms with Crippen LogP contribution in [0.2, 0.25) is 0 Å². The predicted octanol–water partition coefficient (Wildman–Crippen LogP) is 2.59. The summed E-state index contributed by atoms with van der Waals surface area (Å²) in [7, 11) is 1.53. The summed E-state index contributed by atoms with van der Waals surface area (Å²) in [6.07, 6.45) is 0. The van der Waals surface area contributed by atoms with Crippen molar-refractivity contribution in [2.24, 2.45) is 0 Å². The zero-order chi connectivity index (χ0) is 22.7. The third-order valence-corrected chi connectivity index (χ3v) is 5.83. The number of carbonyl (C=O) groups excluding carboxylic acids is 2. The van der Waals surface area contributed by atoms with E-state index in [1.54, 1.807) is 24.3 Å². The highest BCUT2D eigenvalue weighted by atomic mass is 19.1. The number of ketones is 1. The molecule has 0 aliphatic carbocycles. The van der Waals surface area contributed by atoms with E-state index in [4.69, 9.17) is 9.47 Å². The molecule has 2 aromatic carbocycles. The molecule has 0 aromatic heterocycles. The first-order chi connectivity index (χ1) is 15.5. The highest BCUT2D eigenvalue weighted by Gasteiger charge is 2.46. The van der Waals surface area contributed by atoms with Gasteiger partial charge < -0.3 is 19.5 Å². The SMILES string of the molecule is COc1cccc([C@@H]2/C(=C(\O)c3ccc(F)cc3)C(=O)C(=O)N2CCN2CCOCC2)c1. The molecule has 0 unspecified atom stereocenters. The number of aliphatic hydroxyl groups is 1. The Balaban J connectivity index is 1.74. The first-order valence-corrected chi connectivity index (χ1v) is 10.5. The number of nitrogens with zero attached hydrogens (tertiary/aromatic N) is 2. The van der Waals surface area contributed by atoms with Gasteiger partial charge in [0.05, 0.1) is 31.9 Å². The lowest BCUT2D eigenvalue weighted by molar-refractivity contribution is -0.140. The highest BCUT2D eigenvalue weighted by Crippen LogP contribution is 2.40. The van der Waals surface area contributed by atoms with Crippen molar-refractivity contribution in [2.45, 2.75) is 6.04 Å². The van der Waals surface area contributed by atoms with E-state index in [0.717, 1.165) is 13.1 Å². The summed E-state index contributed by atoms with van der Waals surface area (Å²) in [5.41, 5.74) is 0.900. The van der Waals surface area contributed by atoms with Gasteiger partial charge >= 0.3 is 0 Å². The smallest absolute Gasteiger partial charge is 0.295 e. The molecule has 1 atom stereocenters. The molecule has 2 fully saturated rings. The first kappa shape index (κ1) is 22.0. The lowest BCUT2D eigenvalue weighted by Gasteiger charge is -2.31. The molecule has 2 aliphatic rings. The van der Waals surface area contributed by atoms with E-state index in [1.165, 1.54) is 36.3 Å². The van der Waals surface area contributed by atoms with Crippen LogP contribution < -0.4 is 4.74 Å². The van der Waals surface area contributed by atoms with Crippen LogP contribution in [0.5, 0.6) is 5.75 Å². The number of ether oxygens (including phenoxy) is 2. The summed E-state index contributed by atoms with van der Waals surface area (Å²) in [5, 5.41) is 11.0. The molecule has 7 nitrogen and oxygen atoms in total. The fourth-order valence-electron chi connectivity index (χ4n) is 4.11. The van der Waals surface area contributed by atoms with E-state index in [9.17, 15) is 19.1 Å². The van der Waals surface area contributed by atoms with Crippen LogP contribution in [0, 0.1) is 5.82 Å². The summed E-state index contributed by atoms with van der Waals surface area (Å²) in [4.78, 5) is 29.7. The van der Waals surface area contributed by atoms with Gasteiger partial charge in [0.15, 0.2) is 0 Å². The number of benzene rings is 2. The van der Waals surface area contributed by atoms with Crippen molar-refractivity contribution in [1.29, 1.82) is 0 Å². The van der Waals surface area contributed by atoms with E-state index in [2.05, 4.69) is 4.90 Å².